The molecule has 2 aromatic rings. The smallest absolute Gasteiger partial charge is 0.409 e. The normalized spacial score (nSPS) is 13.9. The van der Waals surface area contributed by atoms with Crippen molar-refractivity contribution in [1.82, 2.24) is 19.9 Å². The minimum absolute atomic E-state index is 0.0534. The van der Waals surface area contributed by atoms with Crippen molar-refractivity contribution in [2.75, 3.05) is 43.0 Å². The summed E-state index contributed by atoms with van der Waals surface area (Å²) in [5.74, 6) is 0.670. The second-order valence-electron chi connectivity index (χ2n) is 5.81. The van der Waals surface area contributed by atoms with Gasteiger partial charge in [0.25, 0.3) is 0 Å². The maximum Gasteiger partial charge on any atom is 0.409 e. The van der Waals surface area contributed by atoms with Crippen molar-refractivity contribution >= 4 is 45.2 Å². The molecular formula is C16H18BrN7O4. The molecule has 1 N–H and O–H groups in total. The Morgan fingerprint density at radius 3 is 2.64 bits per heavy atom. The highest BCUT2D eigenvalue weighted by atomic mass is 79.9. The van der Waals surface area contributed by atoms with Crippen LogP contribution in [0.4, 0.5) is 27.9 Å². The van der Waals surface area contributed by atoms with Crippen LogP contribution in [0.3, 0.4) is 0 Å². The average Bonchev–Trinajstić information content (AvgIpc) is 2.69. The lowest BCUT2D eigenvalue weighted by molar-refractivity contribution is -0.383. The van der Waals surface area contributed by atoms with Crippen LogP contribution < -0.4 is 10.2 Å². The van der Waals surface area contributed by atoms with Gasteiger partial charge in [-0.2, -0.15) is 0 Å². The summed E-state index contributed by atoms with van der Waals surface area (Å²) < 4.78 is 5.78. The van der Waals surface area contributed by atoms with E-state index in [1.165, 1.54) is 6.33 Å². The van der Waals surface area contributed by atoms with Crippen LogP contribution in [0.1, 0.15) is 6.92 Å². The van der Waals surface area contributed by atoms with E-state index in [-0.39, 0.29) is 23.4 Å². The Morgan fingerprint density at radius 1 is 1.29 bits per heavy atom. The Morgan fingerprint density at radius 2 is 2.04 bits per heavy atom. The molecule has 0 radical (unpaired) electrons. The van der Waals surface area contributed by atoms with E-state index in [0.717, 1.165) is 4.47 Å². The molecule has 12 heteroatoms. The van der Waals surface area contributed by atoms with Crippen molar-refractivity contribution in [1.29, 1.82) is 0 Å². The Labute approximate surface area is 169 Å². The van der Waals surface area contributed by atoms with Gasteiger partial charge in [0.05, 0.1) is 11.5 Å². The van der Waals surface area contributed by atoms with Gasteiger partial charge in [0, 0.05) is 36.8 Å². The van der Waals surface area contributed by atoms with E-state index in [0.29, 0.717) is 38.6 Å². The summed E-state index contributed by atoms with van der Waals surface area (Å²) in [6.45, 7) is 3.61. The summed E-state index contributed by atoms with van der Waals surface area (Å²) in [4.78, 5) is 38.7. The molecule has 0 aliphatic carbocycles. The van der Waals surface area contributed by atoms with Crippen LogP contribution >= 0.6 is 15.9 Å². The zero-order valence-corrected chi connectivity index (χ0v) is 16.6. The monoisotopic (exact) mass is 451 g/mol. The van der Waals surface area contributed by atoms with E-state index in [4.69, 9.17) is 4.74 Å². The number of hydrogen-bond donors (Lipinski definition) is 1. The molecule has 0 spiro atoms. The minimum atomic E-state index is -0.520. The lowest BCUT2D eigenvalue weighted by Gasteiger charge is -2.34. The number of pyridine rings is 1. The number of ether oxygens (including phenoxy) is 1. The number of nitro groups is 1. The largest absolute Gasteiger partial charge is 0.450 e. The number of nitrogens with zero attached hydrogens (tertiary/aromatic N) is 6. The SMILES string of the molecule is CCOC(=O)N1CCN(c2ncnc(Nc3ccc(Br)cn3)c2[N+](=O)[O-])CC1. The number of piperazine rings is 1. The molecule has 0 aromatic carbocycles. The third-order valence-electron chi connectivity index (χ3n) is 4.06. The number of anilines is 3. The van der Waals surface area contributed by atoms with Crippen LogP contribution in [0, 0.1) is 10.1 Å². The van der Waals surface area contributed by atoms with Gasteiger partial charge in [-0.3, -0.25) is 10.1 Å². The quantitative estimate of drug-likeness (QED) is 0.538. The van der Waals surface area contributed by atoms with Crippen molar-refractivity contribution in [2.24, 2.45) is 0 Å². The lowest BCUT2D eigenvalue weighted by Crippen LogP contribution is -2.49. The highest BCUT2D eigenvalue weighted by molar-refractivity contribution is 9.10. The zero-order chi connectivity index (χ0) is 20.1. The van der Waals surface area contributed by atoms with Crippen molar-refractivity contribution in [2.45, 2.75) is 6.92 Å². The molecule has 0 saturated carbocycles. The first-order valence-electron chi connectivity index (χ1n) is 8.54. The summed E-state index contributed by atoms with van der Waals surface area (Å²) in [7, 11) is 0. The van der Waals surface area contributed by atoms with E-state index < -0.39 is 4.92 Å². The number of hydrogen-bond acceptors (Lipinski definition) is 9. The Hall–Kier alpha value is -3.02. The molecule has 0 atom stereocenters. The first-order valence-corrected chi connectivity index (χ1v) is 9.33. The molecule has 1 aliphatic heterocycles. The van der Waals surface area contributed by atoms with E-state index >= 15 is 0 Å². The van der Waals surface area contributed by atoms with Crippen molar-refractivity contribution in [3.63, 3.8) is 0 Å². The minimum Gasteiger partial charge on any atom is -0.450 e. The van der Waals surface area contributed by atoms with Gasteiger partial charge < -0.3 is 19.9 Å². The standard InChI is InChI=1S/C16H18BrN7O4/c1-2-28-16(25)23-7-5-22(6-8-23)15-13(24(26)27)14(19-10-20-15)21-12-4-3-11(17)9-18-12/h3-4,9-10H,2,5-8H2,1H3,(H,18,19,20,21). The summed E-state index contributed by atoms with van der Waals surface area (Å²) in [5.41, 5.74) is -0.239. The van der Waals surface area contributed by atoms with Gasteiger partial charge in [-0.1, -0.05) is 0 Å². The third kappa shape index (κ3) is 4.44. The van der Waals surface area contributed by atoms with Crippen LogP contribution in [0.5, 0.6) is 0 Å². The molecule has 148 valence electrons. The molecule has 3 rings (SSSR count). The number of rotatable bonds is 5. The number of aromatic nitrogens is 3. The molecule has 1 fully saturated rings. The average molecular weight is 452 g/mol. The number of nitrogens with one attached hydrogen (secondary N) is 1. The van der Waals surface area contributed by atoms with Crippen LogP contribution in [0.25, 0.3) is 0 Å². The van der Waals surface area contributed by atoms with Crippen molar-refractivity contribution < 1.29 is 14.5 Å². The number of carbonyl (C=O) groups is 1. The third-order valence-corrected chi connectivity index (χ3v) is 4.53. The van der Waals surface area contributed by atoms with Gasteiger partial charge in [0.2, 0.25) is 11.6 Å². The Bertz CT molecular complexity index is 857. The molecule has 0 bridgehead atoms. The first-order chi connectivity index (χ1) is 13.5. The molecule has 3 heterocycles. The number of amides is 1. The van der Waals surface area contributed by atoms with E-state index in [1.807, 2.05) is 0 Å². The van der Waals surface area contributed by atoms with Gasteiger partial charge >= 0.3 is 11.8 Å². The molecule has 1 amide bonds. The fraction of sp³-hybridized carbons (Fsp3) is 0.375. The highest BCUT2D eigenvalue weighted by Crippen LogP contribution is 2.33. The van der Waals surface area contributed by atoms with Gasteiger partial charge in [0.15, 0.2) is 0 Å². The van der Waals surface area contributed by atoms with Crippen LogP contribution in [-0.4, -0.2) is 63.7 Å². The van der Waals surface area contributed by atoms with Gasteiger partial charge in [-0.15, -0.1) is 0 Å². The second-order valence-corrected chi connectivity index (χ2v) is 6.73. The summed E-state index contributed by atoms with van der Waals surface area (Å²) >= 11 is 3.29. The van der Waals surface area contributed by atoms with E-state index in [2.05, 4.69) is 36.2 Å². The van der Waals surface area contributed by atoms with E-state index in [1.54, 1.807) is 35.1 Å². The topological polar surface area (TPSA) is 127 Å². The highest BCUT2D eigenvalue weighted by Gasteiger charge is 2.30. The Balaban J connectivity index is 1.81. The van der Waals surface area contributed by atoms with Gasteiger partial charge in [0.1, 0.15) is 12.1 Å². The first kappa shape index (κ1) is 19.7. The summed E-state index contributed by atoms with van der Waals surface area (Å²) in [5, 5.41) is 14.6. The molecule has 0 unspecified atom stereocenters. The lowest BCUT2D eigenvalue weighted by atomic mass is 10.3. The fourth-order valence-corrected chi connectivity index (χ4v) is 2.98. The Kier molecular flexibility index (Phi) is 6.19. The number of halogens is 1. The van der Waals surface area contributed by atoms with Crippen LogP contribution in [-0.2, 0) is 4.74 Å². The molecule has 28 heavy (non-hydrogen) atoms. The van der Waals surface area contributed by atoms with Crippen LogP contribution in [0.2, 0.25) is 0 Å². The maximum absolute atomic E-state index is 11.8. The zero-order valence-electron chi connectivity index (χ0n) is 15.0. The van der Waals surface area contributed by atoms with Crippen molar-refractivity contribution in [3.8, 4) is 0 Å². The van der Waals surface area contributed by atoms with Crippen molar-refractivity contribution in [3.05, 3.63) is 39.2 Å². The van der Waals surface area contributed by atoms with E-state index in [9.17, 15) is 14.9 Å². The van der Waals surface area contributed by atoms with Gasteiger partial charge in [-0.05, 0) is 35.0 Å². The summed E-state index contributed by atoms with van der Waals surface area (Å²) in [6, 6.07) is 3.44. The molecule has 1 aliphatic rings. The molecular weight excluding hydrogens is 434 g/mol. The van der Waals surface area contributed by atoms with Crippen LogP contribution in [0.15, 0.2) is 29.1 Å². The second kappa shape index (κ2) is 8.78. The van der Waals surface area contributed by atoms with Gasteiger partial charge in [-0.25, -0.2) is 19.7 Å². The molecule has 1 saturated heterocycles. The predicted octanol–water partition coefficient (Wildman–Crippen LogP) is 2.56. The molecule has 11 nitrogen and oxygen atoms in total. The fourth-order valence-electron chi connectivity index (χ4n) is 2.75. The summed E-state index contributed by atoms with van der Waals surface area (Å²) in [6.07, 6.45) is 2.45. The maximum atomic E-state index is 11.8. The predicted molar refractivity (Wildman–Crippen MR) is 105 cm³/mol. The molecule has 2 aromatic heterocycles. The number of carbonyl (C=O) groups excluding carboxylic acids is 1.